The van der Waals surface area contributed by atoms with E-state index in [2.05, 4.69) is 58.3 Å². The summed E-state index contributed by atoms with van der Waals surface area (Å²) in [7, 11) is 6.29. The second-order valence-corrected chi connectivity index (χ2v) is 5.84. The van der Waals surface area contributed by atoms with Crippen LogP contribution in [0.1, 0.15) is 18.3 Å². The van der Waals surface area contributed by atoms with Crippen molar-refractivity contribution < 1.29 is 0 Å². The van der Waals surface area contributed by atoms with Crippen molar-refractivity contribution in [2.24, 2.45) is 0 Å². The first kappa shape index (κ1) is 16.0. The van der Waals surface area contributed by atoms with Crippen LogP contribution in [0.25, 0.3) is 0 Å². The molecule has 1 aromatic heterocycles. The zero-order valence-corrected chi connectivity index (χ0v) is 13.9. The van der Waals surface area contributed by atoms with E-state index >= 15 is 0 Å². The van der Waals surface area contributed by atoms with Gasteiger partial charge in [-0.05, 0) is 21.0 Å². The average molecular weight is 292 g/mol. The highest BCUT2D eigenvalue weighted by molar-refractivity contribution is 5.57. The average Bonchev–Trinajstić information content (AvgIpc) is 2.49. The summed E-state index contributed by atoms with van der Waals surface area (Å²) in [5.41, 5.74) is 1.08. The standard InChI is InChI=1S/C15H28N6/c1-6-13-18-14(16-3)11(2)15(19-13)17-9-12-10-20(4)7-8-21(12)5/h12H,6-10H2,1-5H3,(H2,16,17,18,19). The van der Waals surface area contributed by atoms with E-state index in [4.69, 9.17) is 0 Å². The van der Waals surface area contributed by atoms with Crippen LogP contribution in [0, 0.1) is 6.92 Å². The van der Waals surface area contributed by atoms with E-state index in [9.17, 15) is 0 Å². The van der Waals surface area contributed by atoms with Crippen molar-refractivity contribution >= 4 is 11.6 Å². The van der Waals surface area contributed by atoms with Crippen molar-refractivity contribution in [2.45, 2.75) is 26.3 Å². The summed E-state index contributed by atoms with van der Waals surface area (Å²) in [5.74, 6) is 2.74. The lowest BCUT2D eigenvalue weighted by molar-refractivity contribution is 0.122. The molecule has 0 aromatic carbocycles. The maximum atomic E-state index is 4.63. The molecule has 2 N–H and O–H groups in total. The third kappa shape index (κ3) is 3.83. The Bertz CT molecular complexity index is 475. The summed E-state index contributed by atoms with van der Waals surface area (Å²) in [6.45, 7) is 8.40. The molecule has 2 heterocycles. The molecule has 0 bridgehead atoms. The molecule has 1 atom stereocenters. The van der Waals surface area contributed by atoms with Crippen LogP contribution < -0.4 is 10.6 Å². The smallest absolute Gasteiger partial charge is 0.134 e. The number of anilines is 2. The highest BCUT2D eigenvalue weighted by atomic mass is 15.3. The second kappa shape index (κ2) is 7.04. The first-order valence-corrected chi connectivity index (χ1v) is 7.73. The monoisotopic (exact) mass is 292 g/mol. The van der Waals surface area contributed by atoms with Gasteiger partial charge in [0.1, 0.15) is 17.5 Å². The van der Waals surface area contributed by atoms with Crippen LogP contribution in [-0.2, 0) is 6.42 Å². The quantitative estimate of drug-likeness (QED) is 0.846. The molecular weight excluding hydrogens is 264 g/mol. The summed E-state index contributed by atoms with van der Waals surface area (Å²) in [6, 6.07) is 0.515. The summed E-state index contributed by atoms with van der Waals surface area (Å²) in [6.07, 6.45) is 0.843. The summed E-state index contributed by atoms with van der Waals surface area (Å²) >= 11 is 0. The topological polar surface area (TPSA) is 56.3 Å². The summed E-state index contributed by atoms with van der Waals surface area (Å²) in [5, 5.41) is 6.68. The van der Waals surface area contributed by atoms with Crippen molar-refractivity contribution in [3.8, 4) is 0 Å². The number of hydrogen-bond donors (Lipinski definition) is 2. The Morgan fingerprint density at radius 1 is 1.19 bits per heavy atom. The van der Waals surface area contributed by atoms with Gasteiger partial charge in [0.25, 0.3) is 0 Å². The van der Waals surface area contributed by atoms with E-state index < -0.39 is 0 Å². The second-order valence-electron chi connectivity index (χ2n) is 5.84. The fourth-order valence-corrected chi connectivity index (χ4v) is 2.67. The Balaban J connectivity index is 2.08. The van der Waals surface area contributed by atoms with Crippen molar-refractivity contribution in [3.05, 3.63) is 11.4 Å². The molecule has 21 heavy (non-hydrogen) atoms. The number of piperazine rings is 1. The van der Waals surface area contributed by atoms with Gasteiger partial charge in [-0.1, -0.05) is 6.92 Å². The molecule has 1 aliphatic heterocycles. The molecule has 1 unspecified atom stereocenters. The molecular formula is C15H28N6. The SMILES string of the molecule is CCc1nc(NC)c(C)c(NCC2CN(C)CCN2C)n1. The molecule has 0 saturated carbocycles. The molecule has 6 nitrogen and oxygen atoms in total. The largest absolute Gasteiger partial charge is 0.373 e. The highest BCUT2D eigenvalue weighted by Gasteiger charge is 2.22. The maximum Gasteiger partial charge on any atom is 0.134 e. The van der Waals surface area contributed by atoms with E-state index in [1.165, 1.54) is 0 Å². The Morgan fingerprint density at radius 3 is 2.57 bits per heavy atom. The van der Waals surface area contributed by atoms with Gasteiger partial charge in [-0.3, -0.25) is 4.90 Å². The van der Waals surface area contributed by atoms with E-state index in [0.29, 0.717) is 6.04 Å². The van der Waals surface area contributed by atoms with Crippen LogP contribution in [0.2, 0.25) is 0 Å². The Labute approximate surface area is 127 Å². The van der Waals surface area contributed by atoms with E-state index in [1.54, 1.807) is 0 Å². The van der Waals surface area contributed by atoms with E-state index in [0.717, 1.165) is 55.6 Å². The molecule has 0 spiro atoms. The Hall–Kier alpha value is -1.40. The van der Waals surface area contributed by atoms with Gasteiger partial charge in [0.2, 0.25) is 0 Å². The minimum atomic E-state index is 0.515. The van der Waals surface area contributed by atoms with Gasteiger partial charge < -0.3 is 15.5 Å². The van der Waals surface area contributed by atoms with E-state index in [1.807, 2.05) is 7.05 Å². The molecule has 118 valence electrons. The number of likely N-dealkylation sites (N-methyl/N-ethyl adjacent to an activating group) is 2. The third-order valence-corrected chi connectivity index (χ3v) is 4.23. The zero-order valence-electron chi connectivity index (χ0n) is 13.9. The molecule has 6 heteroatoms. The molecule has 1 aromatic rings. The lowest BCUT2D eigenvalue weighted by Gasteiger charge is -2.37. The third-order valence-electron chi connectivity index (χ3n) is 4.23. The first-order valence-electron chi connectivity index (χ1n) is 7.73. The van der Waals surface area contributed by atoms with Gasteiger partial charge in [0.15, 0.2) is 0 Å². The number of aromatic nitrogens is 2. The highest BCUT2D eigenvalue weighted by Crippen LogP contribution is 2.20. The van der Waals surface area contributed by atoms with Crippen molar-refractivity contribution in [3.63, 3.8) is 0 Å². The molecule has 0 amide bonds. The van der Waals surface area contributed by atoms with Crippen molar-refractivity contribution in [1.29, 1.82) is 0 Å². The van der Waals surface area contributed by atoms with Crippen LogP contribution in [0.5, 0.6) is 0 Å². The number of nitrogens with one attached hydrogen (secondary N) is 2. The minimum Gasteiger partial charge on any atom is -0.373 e. The predicted molar refractivity (Wildman–Crippen MR) is 88.1 cm³/mol. The van der Waals surface area contributed by atoms with Gasteiger partial charge in [0.05, 0.1) is 0 Å². The minimum absolute atomic E-state index is 0.515. The van der Waals surface area contributed by atoms with Crippen molar-refractivity contribution in [1.82, 2.24) is 19.8 Å². The Kier molecular flexibility index (Phi) is 5.36. The van der Waals surface area contributed by atoms with Gasteiger partial charge in [-0.25, -0.2) is 9.97 Å². The molecule has 1 fully saturated rings. The molecule has 0 radical (unpaired) electrons. The number of aryl methyl sites for hydroxylation is 1. The number of hydrogen-bond acceptors (Lipinski definition) is 6. The van der Waals surface area contributed by atoms with Crippen molar-refractivity contribution in [2.75, 3.05) is 58.0 Å². The van der Waals surface area contributed by atoms with Gasteiger partial charge >= 0.3 is 0 Å². The molecule has 2 rings (SSSR count). The lowest BCUT2D eigenvalue weighted by Crippen LogP contribution is -2.52. The molecule has 1 aliphatic rings. The Morgan fingerprint density at radius 2 is 1.90 bits per heavy atom. The number of rotatable bonds is 5. The summed E-state index contributed by atoms with van der Waals surface area (Å²) in [4.78, 5) is 13.9. The fraction of sp³-hybridized carbons (Fsp3) is 0.733. The van der Waals surface area contributed by atoms with Crippen LogP contribution in [0.3, 0.4) is 0 Å². The van der Waals surface area contributed by atoms with E-state index in [-0.39, 0.29) is 0 Å². The normalized spacial score (nSPS) is 20.5. The van der Waals surface area contributed by atoms with Crippen LogP contribution in [0.4, 0.5) is 11.6 Å². The molecule has 0 aliphatic carbocycles. The zero-order chi connectivity index (χ0) is 15.4. The van der Waals surface area contributed by atoms with Crippen LogP contribution >= 0.6 is 0 Å². The molecule has 1 saturated heterocycles. The van der Waals surface area contributed by atoms with Crippen LogP contribution in [0.15, 0.2) is 0 Å². The number of nitrogens with zero attached hydrogens (tertiary/aromatic N) is 4. The fourth-order valence-electron chi connectivity index (χ4n) is 2.67. The van der Waals surface area contributed by atoms with Crippen LogP contribution in [-0.4, -0.2) is 73.1 Å². The van der Waals surface area contributed by atoms with Gasteiger partial charge in [0, 0.05) is 51.3 Å². The lowest BCUT2D eigenvalue weighted by atomic mass is 10.2. The van der Waals surface area contributed by atoms with Gasteiger partial charge in [-0.2, -0.15) is 0 Å². The van der Waals surface area contributed by atoms with Gasteiger partial charge in [-0.15, -0.1) is 0 Å². The first-order chi connectivity index (χ1) is 10.0. The predicted octanol–water partition coefficient (Wildman–Crippen LogP) is 1.05. The maximum absolute atomic E-state index is 4.63. The summed E-state index contributed by atoms with van der Waals surface area (Å²) < 4.78 is 0.